The summed E-state index contributed by atoms with van der Waals surface area (Å²) in [5.74, 6) is 0. The molecule has 0 aliphatic heterocycles. The van der Waals surface area contributed by atoms with E-state index in [0.29, 0.717) is 11.1 Å². The SMILES string of the molecule is CC1(c2ccccc2)CCC(C)(c2cc(C#N)c(C#N)c(C3(C)CCC(C)(c4ccccc4)c4ccccc43)c2)c2ccccc21. The van der Waals surface area contributed by atoms with Crippen LogP contribution in [0.1, 0.15) is 109 Å². The summed E-state index contributed by atoms with van der Waals surface area (Å²) in [6, 6.07) is 48.5. The minimum absolute atomic E-state index is 0.110. The summed E-state index contributed by atoms with van der Waals surface area (Å²) in [7, 11) is 0. The molecule has 0 heterocycles. The molecular formula is C44H40N2. The summed E-state index contributed by atoms with van der Waals surface area (Å²) in [5.41, 5.74) is 9.91. The summed E-state index contributed by atoms with van der Waals surface area (Å²) in [6.45, 7) is 9.36. The van der Waals surface area contributed by atoms with Gasteiger partial charge < -0.3 is 0 Å². The highest BCUT2D eigenvalue weighted by Crippen LogP contribution is 2.55. The van der Waals surface area contributed by atoms with Gasteiger partial charge in [-0.15, -0.1) is 0 Å². The molecule has 5 aromatic rings. The highest BCUT2D eigenvalue weighted by atomic mass is 14.5. The first-order valence-corrected chi connectivity index (χ1v) is 16.5. The molecule has 226 valence electrons. The minimum atomic E-state index is -0.430. The molecule has 0 amide bonds. The average molecular weight is 597 g/mol. The molecule has 0 fully saturated rings. The van der Waals surface area contributed by atoms with E-state index in [1.807, 2.05) is 6.07 Å². The van der Waals surface area contributed by atoms with Crippen molar-refractivity contribution in [2.45, 2.75) is 75.0 Å². The molecule has 0 N–H and O–H groups in total. The van der Waals surface area contributed by atoms with Gasteiger partial charge in [0.1, 0.15) is 12.1 Å². The zero-order chi connectivity index (χ0) is 32.2. The Morgan fingerprint density at radius 1 is 0.413 bits per heavy atom. The molecule has 0 saturated heterocycles. The third kappa shape index (κ3) is 4.28. The van der Waals surface area contributed by atoms with Crippen molar-refractivity contribution in [1.82, 2.24) is 0 Å². The van der Waals surface area contributed by atoms with Crippen molar-refractivity contribution in [1.29, 1.82) is 10.5 Å². The lowest BCUT2D eigenvalue weighted by atomic mass is 9.55. The van der Waals surface area contributed by atoms with Gasteiger partial charge in [-0.25, -0.2) is 0 Å². The Balaban J connectivity index is 1.43. The first-order chi connectivity index (χ1) is 22.2. The molecule has 0 aromatic heterocycles. The molecule has 5 aromatic carbocycles. The van der Waals surface area contributed by atoms with Crippen molar-refractivity contribution in [2.75, 3.05) is 0 Å². The van der Waals surface area contributed by atoms with Gasteiger partial charge in [0.25, 0.3) is 0 Å². The lowest BCUT2D eigenvalue weighted by molar-refractivity contribution is 0.362. The molecule has 4 unspecified atom stereocenters. The van der Waals surface area contributed by atoms with Crippen LogP contribution in [0.5, 0.6) is 0 Å². The number of hydrogen-bond acceptors (Lipinski definition) is 2. The van der Waals surface area contributed by atoms with Gasteiger partial charge in [-0.2, -0.15) is 10.5 Å². The summed E-state index contributed by atoms with van der Waals surface area (Å²) < 4.78 is 0. The van der Waals surface area contributed by atoms with E-state index in [9.17, 15) is 10.5 Å². The molecule has 7 rings (SSSR count). The van der Waals surface area contributed by atoms with Crippen molar-refractivity contribution in [3.63, 3.8) is 0 Å². The van der Waals surface area contributed by atoms with Crippen LogP contribution >= 0.6 is 0 Å². The van der Waals surface area contributed by atoms with Crippen molar-refractivity contribution in [3.05, 3.63) is 177 Å². The standard InChI is InChI=1S/C44H40N2/c1-41(32-15-7-5-8-16-32)23-24-43(3,37-20-12-11-19-36(37)41)34-27-31(29-45)35(30-46)40(28-34)44(4)26-25-42(2,33-17-9-6-10-18-33)38-21-13-14-22-39(38)44/h5-22,27-28H,23-26H2,1-4H3. The first kappa shape index (κ1) is 29.8. The van der Waals surface area contributed by atoms with Crippen molar-refractivity contribution in [2.24, 2.45) is 0 Å². The molecule has 2 aliphatic carbocycles. The van der Waals surface area contributed by atoms with Crippen LogP contribution in [0.15, 0.2) is 121 Å². The third-order valence-corrected chi connectivity index (χ3v) is 11.9. The Morgan fingerprint density at radius 3 is 1.20 bits per heavy atom. The number of fused-ring (bicyclic) bond motifs is 2. The number of benzene rings is 5. The summed E-state index contributed by atoms with van der Waals surface area (Å²) in [5, 5.41) is 21.1. The fourth-order valence-corrected chi connectivity index (χ4v) is 8.83. The lowest BCUT2D eigenvalue weighted by Crippen LogP contribution is -2.40. The molecule has 0 radical (unpaired) electrons. The third-order valence-electron chi connectivity index (χ3n) is 11.9. The van der Waals surface area contributed by atoms with Crippen LogP contribution < -0.4 is 0 Å². The van der Waals surface area contributed by atoms with E-state index in [1.54, 1.807) is 0 Å². The lowest BCUT2D eigenvalue weighted by Gasteiger charge is -2.48. The number of nitriles is 2. The zero-order valence-electron chi connectivity index (χ0n) is 27.3. The van der Waals surface area contributed by atoms with Gasteiger partial charge in [0, 0.05) is 21.7 Å². The van der Waals surface area contributed by atoms with Crippen LogP contribution in [0.3, 0.4) is 0 Å². The Kier molecular flexibility index (Phi) is 7.03. The van der Waals surface area contributed by atoms with E-state index in [4.69, 9.17) is 0 Å². The van der Waals surface area contributed by atoms with Gasteiger partial charge in [-0.3, -0.25) is 0 Å². The predicted octanol–water partition coefficient (Wildman–Crippen LogP) is 10.2. The fraction of sp³-hybridized carbons (Fsp3) is 0.273. The summed E-state index contributed by atoms with van der Waals surface area (Å²) in [4.78, 5) is 0. The number of hydrogen-bond donors (Lipinski definition) is 0. The van der Waals surface area contributed by atoms with Crippen LogP contribution in [0.2, 0.25) is 0 Å². The van der Waals surface area contributed by atoms with E-state index >= 15 is 0 Å². The summed E-state index contributed by atoms with van der Waals surface area (Å²) >= 11 is 0. The predicted molar refractivity (Wildman–Crippen MR) is 186 cm³/mol. The zero-order valence-corrected chi connectivity index (χ0v) is 27.3. The fourth-order valence-electron chi connectivity index (χ4n) is 8.83. The van der Waals surface area contributed by atoms with Gasteiger partial charge in [0.15, 0.2) is 0 Å². The molecule has 2 aliphatic rings. The summed E-state index contributed by atoms with van der Waals surface area (Å²) in [6.07, 6.45) is 3.73. The Morgan fingerprint density at radius 2 is 0.783 bits per heavy atom. The van der Waals surface area contributed by atoms with Crippen molar-refractivity contribution >= 4 is 0 Å². The Bertz CT molecular complexity index is 2030. The largest absolute Gasteiger partial charge is 0.192 e. The maximum absolute atomic E-state index is 10.6. The van der Waals surface area contributed by atoms with Gasteiger partial charge in [-0.1, -0.05) is 143 Å². The topological polar surface area (TPSA) is 47.6 Å². The second-order valence-electron chi connectivity index (χ2n) is 14.3. The highest BCUT2D eigenvalue weighted by Gasteiger charge is 2.47. The maximum Gasteiger partial charge on any atom is 0.101 e. The molecule has 0 bridgehead atoms. The smallest absolute Gasteiger partial charge is 0.101 e. The molecule has 2 heteroatoms. The molecule has 0 spiro atoms. The van der Waals surface area contributed by atoms with Gasteiger partial charge in [0.2, 0.25) is 0 Å². The van der Waals surface area contributed by atoms with E-state index in [2.05, 4.69) is 155 Å². The molecule has 2 nitrogen and oxygen atoms in total. The molecular weight excluding hydrogens is 556 g/mol. The Hall–Kier alpha value is -4.92. The van der Waals surface area contributed by atoms with E-state index in [1.165, 1.54) is 33.4 Å². The van der Waals surface area contributed by atoms with Crippen molar-refractivity contribution < 1.29 is 0 Å². The van der Waals surface area contributed by atoms with Gasteiger partial charge in [-0.05, 0) is 76.3 Å². The second kappa shape index (κ2) is 10.9. The maximum atomic E-state index is 10.6. The number of nitrogens with zero attached hydrogens (tertiary/aromatic N) is 2. The van der Waals surface area contributed by atoms with Crippen LogP contribution in [-0.2, 0) is 21.7 Å². The van der Waals surface area contributed by atoms with Gasteiger partial charge >= 0.3 is 0 Å². The first-order valence-electron chi connectivity index (χ1n) is 16.5. The van der Waals surface area contributed by atoms with Crippen LogP contribution in [-0.4, -0.2) is 0 Å². The van der Waals surface area contributed by atoms with Crippen molar-refractivity contribution in [3.8, 4) is 12.1 Å². The highest BCUT2D eigenvalue weighted by molar-refractivity contribution is 5.63. The number of rotatable bonds is 4. The van der Waals surface area contributed by atoms with Crippen LogP contribution in [0.4, 0.5) is 0 Å². The normalized spacial score (nSPS) is 26.7. The minimum Gasteiger partial charge on any atom is -0.192 e. The van der Waals surface area contributed by atoms with Crippen LogP contribution in [0, 0.1) is 22.7 Å². The monoisotopic (exact) mass is 596 g/mol. The Labute approximate surface area is 274 Å². The van der Waals surface area contributed by atoms with Crippen LogP contribution in [0.25, 0.3) is 0 Å². The molecule has 4 atom stereocenters. The van der Waals surface area contributed by atoms with E-state index < -0.39 is 5.41 Å². The molecule has 46 heavy (non-hydrogen) atoms. The quantitative estimate of drug-likeness (QED) is 0.207. The van der Waals surface area contributed by atoms with E-state index in [-0.39, 0.29) is 16.2 Å². The van der Waals surface area contributed by atoms with E-state index in [0.717, 1.165) is 36.8 Å². The second-order valence-corrected chi connectivity index (χ2v) is 14.3. The molecule has 0 saturated carbocycles. The average Bonchev–Trinajstić information content (AvgIpc) is 3.12. The van der Waals surface area contributed by atoms with Gasteiger partial charge in [0.05, 0.1) is 11.1 Å².